The lowest BCUT2D eigenvalue weighted by Crippen LogP contribution is -2.50. The SMILES string of the molecule is CC[C@H](C(=O)N1CCN(c2ncnc3c2nnn3-c2ccc(OC)cc2)CC1)c1ccccc1. The number of nitrogens with zero attached hydrogens (tertiary/aromatic N) is 7. The van der Waals surface area contributed by atoms with Crippen molar-refractivity contribution in [3.63, 3.8) is 0 Å². The topological polar surface area (TPSA) is 89.3 Å². The highest BCUT2D eigenvalue weighted by Crippen LogP contribution is 2.26. The van der Waals surface area contributed by atoms with Crippen molar-refractivity contribution in [1.82, 2.24) is 29.9 Å². The van der Waals surface area contributed by atoms with Crippen molar-refractivity contribution in [3.05, 3.63) is 66.5 Å². The number of benzene rings is 2. The van der Waals surface area contributed by atoms with Crippen LogP contribution in [0.15, 0.2) is 60.9 Å². The number of hydrogen-bond acceptors (Lipinski definition) is 7. The largest absolute Gasteiger partial charge is 0.497 e. The number of hydrogen-bond donors (Lipinski definition) is 0. The Kier molecular flexibility index (Phi) is 6.07. The lowest BCUT2D eigenvalue weighted by molar-refractivity contribution is -0.133. The van der Waals surface area contributed by atoms with Gasteiger partial charge in [0.2, 0.25) is 5.91 Å². The maximum absolute atomic E-state index is 13.2. The van der Waals surface area contributed by atoms with E-state index < -0.39 is 0 Å². The molecule has 2 aromatic carbocycles. The average Bonchev–Trinajstić information content (AvgIpc) is 3.34. The molecule has 1 aliphatic heterocycles. The molecule has 1 fully saturated rings. The predicted octanol–water partition coefficient (Wildman–Crippen LogP) is 3.06. The molecule has 0 bridgehead atoms. The quantitative estimate of drug-likeness (QED) is 0.440. The molecule has 9 nitrogen and oxygen atoms in total. The molecule has 3 heterocycles. The molecular weight excluding hydrogens is 430 g/mol. The van der Waals surface area contributed by atoms with E-state index in [1.54, 1.807) is 18.1 Å². The summed E-state index contributed by atoms with van der Waals surface area (Å²) in [5.41, 5.74) is 3.21. The minimum atomic E-state index is -0.108. The molecule has 2 aromatic heterocycles. The van der Waals surface area contributed by atoms with Crippen molar-refractivity contribution in [1.29, 1.82) is 0 Å². The van der Waals surface area contributed by atoms with Crippen molar-refractivity contribution >= 4 is 22.9 Å². The maximum Gasteiger partial charge on any atom is 0.230 e. The van der Waals surface area contributed by atoms with Crippen LogP contribution in [0.3, 0.4) is 0 Å². The first-order valence-corrected chi connectivity index (χ1v) is 11.5. The van der Waals surface area contributed by atoms with Gasteiger partial charge in [-0.25, -0.2) is 9.97 Å². The van der Waals surface area contributed by atoms with E-state index in [9.17, 15) is 4.79 Å². The van der Waals surface area contributed by atoms with Gasteiger partial charge >= 0.3 is 0 Å². The molecule has 0 spiro atoms. The van der Waals surface area contributed by atoms with Crippen LogP contribution in [0.2, 0.25) is 0 Å². The first-order chi connectivity index (χ1) is 16.7. The molecule has 0 radical (unpaired) electrons. The van der Waals surface area contributed by atoms with Gasteiger partial charge in [-0.3, -0.25) is 4.79 Å². The molecule has 1 atom stereocenters. The second-order valence-electron chi connectivity index (χ2n) is 8.25. The van der Waals surface area contributed by atoms with Crippen LogP contribution in [0, 0.1) is 0 Å². The Morgan fingerprint density at radius 2 is 1.74 bits per heavy atom. The van der Waals surface area contributed by atoms with Crippen LogP contribution in [-0.2, 0) is 4.79 Å². The minimum absolute atomic E-state index is 0.108. The Bertz CT molecular complexity index is 1270. The van der Waals surface area contributed by atoms with Crippen molar-refractivity contribution < 1.29 is 9.53 Å². The van der Waals surface area contributed by atoms with Gasteiger partial charge in [-0.1, -0.05) is 42.5 Å². The van der Waals surface area contributed by atoms with E-state index >= 15 is 0 Å². The standard InChI is InChI=1S/C25H27N7O2/c1-3-21(18-7-5-4-6-8-18)25(33)31-15-13-30(14-16-31)23-22-24(27-17-26-23)32(29-28-22)19-9-11-20(34-2)12-10-19/h4-12,17,21H,3,13-16H2,1-2H3/t21-/m0/s1. The summed E-state index contributed by atoms with van der Waals surface area (Å²) in [7, 11) is 1.64. The molecule has 9 heteroatoms. The number of carbonyl (C=O) groups excluding carboxylic acids is 1. The number of aromatic nitrogens is 5. The second kappa shape index (κ2) is 9.46. The van der Waals surface area contributed by atoms with Crippen LogP contribution in [0.25, 0.3) is 16.9 Å². The first-order valence-electron chi connectivity index (χ1n) is 11.5. The smallest absolute Gasteiger partial charge is 0.230 e. The highest BCUT2D eigenvalue weighted by atomic mass is 16.5. The summed E-state index contributed by atoms with van der Waals surface area (Å²) in [6.45, 7) is 4.70. The van der Waals surface area contributed by atoms with Gasteiger partial charge in [-0.05, 0) is 36.2 Å². The fraction of sp³-hybridized carbons (Fsp3) is 0.320. The molecule has 174 valence electrons. The van der Waals surface area contributed by atoms with Crippen LogP contribution in [-0.4, -0.2) is 69.1 Å². The Morgan fingerprint density at radius 3 is 2.41 bits per heavy atom. The lowest BCUT2D eigenvalue weighted by atomic mass is 9.95. The Balaban J connectivity index is 1.33. The Morgan fingerprint density at radius 1 is 1.00 bits per heavy atom. The molecular formula is C25H27N7O2. The number of fused-ring (bicyclic) bond motifs is 1. The fourth-order valence-corrected chi connectivity index (χ4v) is 4.46. The summed E-state index contributed by atoms with van der Waals surface area (Å²) in [5, 5.41) is 8.70. The van der Waals surface area contributed by atoms with Crippen LogP contribution in [0.4, 0.5) is 5.82 Å². The molecule has 0 aliphatic carbocycles. The van der Waals surface area contributed by atoms with Crippen LogP contribution in [0.5, 0.6) is 5.75 Å². The van der Waals surface area contributed by atoms with Crippen molar-refractivity contribution in [2.75, 3.05) is 38.2 Å². The van der Waals surface area contributed by atoms with Gasteiger partial charge in [0.1, 0.15) is 12.1 Å². The first kappa shape index (κ1) is 21.8. The van der Waals surface area contributed by atoms with E-state index in [0.717, 1.165) is 29.2 Å². The molecule has 4 aromatic rings. The van der Waals surface area contributed by atoms with E-state index in [1.165, 1.54) is 0 Å². The van der Waals surface area contributed by atoms with Crippen LogP contribution in [0.1, 0.15) is 24.8 Å². The zero-order chi connectivity index (χ0) is 23.5. The third-order valence-electron chi connectivity index (χ3n) is 6.33. The Hall–Kier alpha value is -4.01. The van der Waals surface area contributed by atoms with Crippen molar-refractivity contribution in [3.8, 4) is 11.4 Å². The third-order valence-corrected chi connectivity index (χ3v) is 6.33. The molecule has 0 unspecified atom stereocenters. The van der Waals surface area contributed by atoms with Gasteiger partial charge in [0.05, 0.1) is 18.7 Å². The summed E-state index contributed by atoms with van der Waals surface area (Å²) in [5.74, 6) is 1.59. The van der Waals surface area contributed by atoms with E-state index in [-0.39, 0.29) is 11.8 Å². The molecule has 1 saturated heterocycles. The van der Waals surface area contributed by atoms with E-state index in [2.05, 4.69) is 32.1 Å². The van der Waals surface area contributed by atoms with E-state index in [0.29, 0.717) is 37.3 Å². The van der Waals surface area contributed by atoms with Crippen molar-refractivity contribution in [2.45, 2.75) is 19.3 Å². The highest BCUT2D eigenvalue weighted by molar-refractivity contribution is 5.85. The number of anilines is 1. The van der Waals surface area contributed by atoms with Crippen LogP contribution < -0.4 is 9.64 Å². The van der Waals surface area contributed by atoms with Crippen LogP contribution >= 0.6 is 0 Å². The number of amides is 1. The summed E-state index contributed by atoms with van der Waals surface area (Å²) in [6, 6.07) is 17.6. The molecule has 34 heavy (non-hydrogen) atoms. The fourth-order valence-electron chi connectivity index (χ4n) is 4.46. The van der Waals surface area contributed by atoms with Gasteiger partial charge < -0.3 is 14.5 Å². The summed E-state index contributed by atoms with van der Waals surface area (Å²) >= 11 is 0. The number of methoxy groups -OCH3 is 1. The number of carbonyl (C=O) groups is 1. The average molecular weight is 458 g/mol. The minimum Gasteiger partial charge on any atom is -0.497 e. The second-order valence-corrected chi connectivity index (χ2v) is 8.25. The predicted molar refractivity (Wildman–Crippen MR) is 129 cm³/mol. The molecule has 0 saturated carbocycles. The van der Waals surface area contributed by atoms with Gasteiger partial charge in [0, 0.05) is 26.2 Å². The molecule has 1 amide bonds. The van der Waals surface area contributed by atoms with E-state index in [4.69, 9.17) is 4.74 Å². The summed E-state index contributed by atoms with van der Waals surface area (Å²) < 4.78 is 6.94. The van der Waals surface area contributed by atoms with Gasteiger partial charge in [0.25, 0.3) is 0 Å². The molecule has 1 aliphatic rings. The summed E-state index contributed by atoms with van der Waals surface area (Å²) in [4.78, 5) is 26.3. The lowest BCUT2D eigenvalue weighted by Gasteiger charge is -2.37. The zero-order valence-corrected chi connectivity index (χ0v) is 19.3. The summed E-state index contributed by atoms with van der Waals surface area (Å²) in [6.07, 6.45) is 2.32. The number of rotatable bonds is 6. The van der Waals surface area contributed by atoms with Gasteiger partial charge in [-0.2, -0.15) is 4.68 Å². The zero-order valence-electron chi connectivity index (χ0n) is 19.3. The maximum atomic E-state index is 13.2. The normalized spacial score (nSPS) is 14.9. The monoisotopic (exact) mass is 457 g/mol. The Labute approximate surface area is 198 Å². The third kappa shape index (κ3) is 4.05. The number of piperazine rings is 1. The van der Waals surface area contributed by atoms with Gasteiger partial charge in [-0.15, -0.1) is 5.10 Å². The number of ether oxygens (including phenoxy) is 1. The van der Waals surface area contributed by atoms with Crippen molar-refractivity contribution in [2.24, 2.45) is 0 Å². The van der Waals surface area contributed by atoms with Gasteiger partial charge in [0.15, 0.2) is 17.0 Å². The molecule has 0 N–H and O–H groups in total. The highest BCUT2D eigenvalue weighted by Gasteiger charge is 2.29. The molecule has 5 rings (SSSR count). The van der Waals surface area contributed by atoms with E-state index in [1.807, 2.05) is 59.5 Å².